The number of hydrogen-bond acceptors (Lipinski definition) is 10. The Morgan fingerprint density at radius 1 is 1.03 bits per heavy atom. The maximum Gasteiger partial charge on any atom is 0.308 e. The maximum atomic E-state index is 13.0. The molecular formula is C25H24N4O6S. The fourth-order valence-electron chi connectivity index (χ4n) is 3.70. The van der Waals surface area contributed by atoms with Crippen LogP contribution in [0.25, 0.3) is 11.3 Å². The summed E-state index contributed by atoms with van der Waals surface area (Å²) in [5, 5.41) is 9.05. The summed E-state index contributed by atoms with van der Waals surface area (Å²) in [6.07, 6.45) is -0.151. The molecule has 1 unspecified atom stereocenters. The normalized spacial score (nSPS) is 14.1. The molecule has 10 nitrogen and oxygen atoms in total. The van der Waals surface area contributed by atoms with Crippen LogP contribution in [0.4, 0.5) is 5.69 Å². The Kier molecular flexibility index (Phi) is 7.49. The largest absolute Gasteiger partial charge is 0.447 e. The van der Waals surface area contributed by atoms with Gasteiger partial charge in [0, 0.05) is 38.2 Å². The number of para-hydroxylation sites is 1. The van der Waals surface area contributed by atoms with Crippen LogP contribution in [0.1, 0.15) is 45.9 Å². The minimum absolute atomic E-state index is 0.0704. The van der Waals surface area contributed by atoms with Crippen molar-refractivity contribution in [3.8, 4) is 28.6 Å². The number of hydrogen-bond donors (Lipinski definition) is 0. The van der Waals surface area contributed by atoms with Crippen molar-refractivity contribution in [1.82, 2.24) is 15.2 Å². The summed E-state index contributed by atoms with van der Waals surface area (Å²) in [6, 6.07) is 11.7. The van der Waals surface area contributed by atoms with Crippen LogP contribution in [0, 0.1) is 0 Å². The van der Waals surface area contributed by atoms with Crippen molar-refractivity contribution in [1.29, 1.82) is 0 Å². The number of thioether (sulfide) groups is 1. The molecule has 0 bridgehead atoms. The number of anilines is 1. The highest BCUT2D eigenvalue weighted by atomic mass is 32.2. The second kappa shape index (κ2) is 10.7. The smallest absolute Gasteiger partial charge is 0.308 e. The van der Waals surface area contributed by atoms with Crippen molar-refractivity contribution in [3.05, 3.63) is 48.0 Å². The molecule has 0 fully saturated rings. The van der Waals surface area contributed by atoms with Gasteiger partial charge in [0.05, 0.1) is 11.3 Å². The minimum atomic E-state index is -1.08. The van der Waals surface area contributed by atoms with Gasteiger partial charge >= 0.3 is 11.9 Å². The summed E-state index contributed by atoms with van der Waals surface area (Å²) in [5.41, 5.74) is 1.87. The standard InChI is InChI=1S/C25H24N4O6S/c1-5-12-36-25-26-23-22(27-28-25)18-8-6-7-9-20(18)29(14(2)30)24(35-23)19-11-10-17(33-15(3)31)13-21(19)34-16(4)32/h6-11,13,24H,5,12H2,1-4H3. The lowest BCUT2D eigenvalue weighted by molar-refractivity contribution is -0.132. The predicted octanol–water partition coefficient (Wildman–Crippen LogP) is 4.34. The molecule has 0 spiro atoms. The van der Waals surface area contributed by atoms with Gasteiger partial charge < -0.3 is 14.2 Å². The van der Waals surface area contributed by atoms with E-state index in [0.717, 1.165) is 12.2 Å². The molecule has 1 atom stereocenters. The number of ether oxygens (including phenoxy) is 3. The molecule has 2 heterocycles. The molecule has 0 saturated heterocycles. The number of carbonyl (C=O) groups is 3. The van der Waals surface area contributed by atoms with Gasteiger partial charge in [-0.2, -0.15) is 4.98 Å². The molecule has 1 aliphatic heterocycles. The van der Waals surface area contributed by atoms with Gasteiger partial charge in [-0.25, -0.2) is 0 Å². The fraction of sp³-hybridized carbons (Fsp3) is 0.280. The molecule has 2 aromatic carbocycles. The van der Waals surface area contributed by atoms with Gasteiger partial charge in [0.25, 0.3) is 0 Å². The van der Waals surface area contributed by atoms with Crippen molar-refractivity contribution in [2.24, 2.45) is 0 Å². The lowest BCUT2D eigenvalue weighted by atomic mass is 10.1. The maximum absolute atomic E-state index is 13.0. The molecule has 0 N–H and O–H groups in total. The monoisotopic (exact) mass is 508 g/mol. The Labute approximate surface area is 212 Å². The summed E-state index contributed by atoms with van der Waals surface area (Å²) in [5.74, 6) is -0.227. The van der Waals surface area contributed by atoms with E-state index in [1.54, 1.807) is 18.2 Å². The van der Waals surface area contributed by atoms with Crippen molar-refractivity contribution >= 4 is 35.3 Å². The molecule has 11 heteroatoms. The van der Waals surface area contributed by atoms with E-state index in [0.29, 0.717) is 27.7 Å². The van der Waals surface area contributed by atoms with E-state index < -0.39 is 18.2 Å². The van der Waals surface area contributed by atoms with E-state index in [-0.39, 0.29) is 23.3 Å². The SMILES string of the molecule is CCCSc1nnc2c(n1)OC(c1ccc(OC(C)=O)cc1OC(C)=O)N(C(C)=O)c1ccccc1-2. The predicted molar refractivity (Wildman–Crippen MR) is 132 cm³/mol. The Balaban J connectivity index is 1.92. The molecule has 186 valence electrons. The number of amides is 1. The van der Waals surface area contributed by atoms with Crippen LogP contribution in [0.2, 0.25) is 0 Å². The lowest BCUT2D eigenvalue weighted by Gasteiger charge is -2.30. The molecule has 1 aliphatic rings. The highest BCUT2D eigenvalue weighted by Gasteiger charge is 2.36. The topological polar surface area (TPSA) is 121 Å². The van der Waals surface area contributed by atoms with Gasteiger partial charge in [0.2, 0.25) is 23.2 Å². The molecule has 3 aromatic rings. The van der Waals surface area contributed by atoms with Crippen LogP contribution in [-0.4, -0.2) is 38.8 Å². The van der Waals surface area contributed by atoms with E-state index in [4.69, 9.17) is 14.2 Å². The van der Waals surface area contributed by atoms with Crippen molar-refractivity contribution in [2.75, 3.05) is 10.7 Å². The van der Waals surface area contributed by atoms with Gasteiger partial charge in [-0.15, -0.1) is 10.2 Å². The molecule has 36 heavy (non-hydrogen) atoms. The number of rotatable bonds is 6. The Morgan fingerprint density at radius 3 is 2.47 bits per heavy atom. The highest BCUT2D eigenvalue weighted by molar-refractivity contribution is 7.99. The number of aromatic nitrogens is 3. The second-order valence-electron chi connectivity index (χ2n) is 7.86. The Morgan fingerprint density at radius 2 is 1.78 bits per heavy atom. The van der Waals surface area contributed by atoms with Crippen LogP contribution in [0.15, 0.2) is 47.6 Å². The number of carbonyl (C=O) groups excluding carboxylic acids is 3. The first-order valence-electron chi connectivity index (χ1n) is 11.2. The van der Waals surface area contributed by atoms with Crippen LogP contribution >= 0.6 is 11.8 Å². The summed E-state index contributed by atoms with van der Waals surface area (Å²) in [6.45, 7) is 5.97. The minimum Gasteiger partial charge on any atom is -0.447 e. The van der Waals surface area contributed by atoms with E-state index in [1.807, 2.05) is 19.1 Å². The molecule has 1 aromatic heterocycles. The molecule has 1 amide bonds. The zero-order valence-corrected chi connectivity index (χ0v) is 21.0. The number of nitrogens with zero attached hydrogens (tertiary/aromatic N) is 4. The number of esters is 2. The third kappa shape index (κ3) is 5.30. The van der Waals surface area contributed by atoms with Crippen molar-refractivity contribution in [3.63, 3.8) is 0 Å². The zero-order chi connectivity index (χ0) is 25.8. The molecular weight excluding hydrogens is 484 g/mol. The third-order valence-electron chi connectivity index (χ3n) is 5.05. The highest BCUT2D eigenvalue weighted by Crippen LogP contribution is 2.45. The zero-order valence-electron chi connectivity index (χ0n) is 20.2. The summed E-state index contributed by atoms with van der Waals surface area (Å²) in [4.78, 5) is 42.4. The molecule has 4 rings (SSSR count). The second-order valence-corrected chi connectivity index (χ2v) is 8.92. The van der Waals surface area contributed by atoms with Gasteiger partial charge in [-0.05, 0) is 24.6 Å². The van der Waals surface area contributed by atoms with E-state index in [9.17, 15) is 14.4 Å². The Bertz CT molecular complexity index is 1330. The van der Waals surface area contributed by atoms with Crippen molar-refractivity contribution < 1.29 is 28.6 Å². The Hall–Kier alpha value is -3.99. The summed E-state index contributed by atoms with van der Waals surface area (Å²) < 4.78 is 16.9. The third-order valence-corrected chi connectivity index (χ3v) is 6.10. The van der Waals surface area contributed by atoms with Gasteiger partial charge in [-0.3, -0.25) is 19.3 Å². The van der Waals surface area contributed by atoms with E-state index >= 15 is 0 Å². The lowest BCUT2D eigenvalue weighted by Crippen LogP contribution is -2.36. The van der Waals surface area contributed by atoms with Crippen LogP contribution in [0.3, 0.4) is 0 Å². The first kappa shape index (κ1) is 25.1. The average molecular weight is 509 g/mol. The van der Waals surface area contributed by atoms with E-state index in [2.05, 4.69) is 15.2 Å². The first-order chi connectivity index (χ1) is 17.3. The van der Waals surface area contributed by atoms with Gasteiger partial charge in [0.15, 0.2) is 5.69 Å². The molecule has 0 radical (unpaired) electrons. The molecule has 0 saturated carbocycles. The van der Waals surface area contributed by atoms with Crippen LogP contribution < -0.4 is 19.1 Å². The van der Waals surface area contributed by atoms with Gasteiger partial charge in [-0.1, -0.05) is 36.9 Å². The fourth-order valence-corrected chi connectivity index (χ4v) is 4.33. The first-order valence-corrected chi connectivity index (χ1v) is 12.2. The van der Waals surface area contributed by atoms with Crippen molar-refractivity contribution in [2.45, 2.75) is 45.5 Å². The summed E-state index contributed by atoms with van der Waals surface area (Å²) >= 11 is 1.44. The average Bonchev–Trinajstić information content (AvgIpc) is 2.96. The van der Waals surface area contributed by atoms with Crippen LogP contribution in [0.5, 0.6) is 17.4 Å². The number of benzene rings is 2. The van der Waals surface area contributed by atoms with Crippen LogP contribution in [-0.2, 0) is 14.4 Å². The van der Waals surface area contributed by atoms with Gasteiger partial charge in [0.1, 0.15) is 11.5 Å². The number of fused-ring (bicyclic) bond motifs is 3. The summed E-state index contributed by atoms with van der Waals surface area (Å²) in [7, 11) is 0. The molecule has 0 aliphatic carbocycles. The van der Waals surface area contributed by atoms with E-state index in [1.165, 1.54) is 49.6 Å². The quantitative estimate of drug-likeness (QED) is 0.270.